The molecule has 0 spiro atoms. The third kappa shape index (κ3) is 4.95. The van der Waals surface area contributed by atoms with Gasteiger partial charge in [-0.1, -0.05) is 24.0 Å². The Balaban J connectivity index is 3.54. The summed E-state index contributed by atoms with van der Waals surface area (Å²) in [6.45, 7) is 6.40. The van der Waals surface area contributed by atoms with Crippen LogP contribution in [0.4, 0.5) is 0 Å². The largest absolute Gasteiger partial charge is 0.396 e. The highest BCUT2D eigenvalue weighted by Gasteiger charge is 2.04. The van der Waals surface area contributed by atoms with Crippen LogP contribution in [0.3, 0.4) is 0 Å². The van der Waals surface area contributed by atoms with Crippen LogP contribution in [0.25, 0.3) is 0 Å². The summed E-state index contributed by atoms with van der Waals surface area (Å²) in [5, 5.41) is 8.56. The van der Waals surface area contributed by atoms with E-state index in [0.29, 0.717) is 0 Å². The van der Waals surface area contributed by atoms with Gasteiger partial charge in [0.05, 0.1) is 0 Å². The number of rotatable bonds is 5. The van der Waals surface area contributed by atoms with Crippen molar-refractivity contribution in [1.82, 2.24) is 4.90 Å². The average molecular weight is 207 g/mol. The van der Waals surface area contributed by atoms with Gasteiger partial charge in [-0.15, -0.1) is 0 Å². The van der Waals surface area contributed by atoms with Crippen molar-refractivity contribution in [3.8, 4) is 0 Å². The van der Waals surface area contributed by atoms with E-state index in [1.165, 1.54) is 0 Å². The zero-order valence-electron chi connectivity index (χ0n) is 7.75. The molecule has 0 atom stereocenters. The predicted molar refractivity (Wildman–Crippen MR) is 59.7 cm³/mol. The fourth-order valence-electron chi connectivity index (χ4n) is 0.797. The molecule has 0 aliphatic carbocycles. The molecule has 0 aromatic carbocycles. The molecule has 0 aliphatic heterocycles. The van der Waals surface area contributed by atoms with Crippen LogP contribution in [0.15, 0.2) is 0 Å². The fraction of sp³-hybridized carbons (Fsp3) is 0.875. The lowest BCUT2D eigenvalue weighted by molar-refractivity contribution is 0.296. The van der Waals surface area contributed by atoms with Gasteiger partial charge in [-0.25, -0.2) is 0 Å². The summed E-state index contributed by atoms with van der Waals surface area (Å²) in [7, 11) is 0. The smallest absolute Gasteiger partial charge is 0.136 e. The SMILES string of the molecule is CCN(CC)C(=S)SCCCO. The predicted octanol–water partition coefficient (Wildman–Crippen LogP) is 1.73. The zero-order chi connectivity index (χ0) is 9.40. The lowest BCUT2D eigenvalue weighted by Crippen LogP contribution is -2.26. The van der Waals surface area contributed by atoms with Crippen molar-refractivity contribution < 1.29 is 5.11 Å². The second kappa shape index (κ2) is 7.83. The molecule has 4 heteroatoms. The summed E-state index contributed by atoms with van der Waals surface area (Å²) in [4.78, 5) is 2.15. The highest BCUT2D eigenvalue weighted by Crippen LogP contribution is 2.09. The van der Waals surface area contributed by atoms with E-state index < -0.39 is 0 Å². The summed E-state index contributed by atoms with van der Waals surface area (Å²) in [5.74, 6) is 0.922. The van der Waals surface area contributed by atoms with Gasteiger partial charge >= 0.3 is 0 Å². The highest BCUT2D eigenvalue weighted by molar-refractivity contribution is 8.22. The first kappa shape index (κ1) is 12.2. The normalized spacial score (nSPS) is 9.92. The van der Waals surface area contributed by atoms with Gasteiger partial charge in [-0.05, 0) is 20.3 Å². The molecule has 0 aromatic rings. The highest BCUT2D eigenvalue weighted by atomic mass is 32.2. The van der Waals surface area contributed by atoms with E-state index in [9.17, 15) is 0 Å². The number of aliphatic hydroxyl groups excluding tert-OH is 1. The van der Waals surface area contributed by atoms with Crippen molar-refractivity contribution in [2.24, 2.45) is 0 Å². The Bertz CT molecular complexity index is 126. The van der Waals surface area contributed by atoms with Crippen LogP contribution in [0.2, 0.25) is 0 Å². The quantitative estimate of drug-likeness (QED) is 0.548. The minimum Gasteiger partial charge on any atom is -0.396 e. The number of thioether (sulfide) groups is 1. The summed E-state index contributed by atoms with van der Waals surface area (Å²) >= 11 is 6.85. The summed E-state index contributed by atoms with van der Waals surface area (Å²) < 4.78 is 0.952. The maximum Gasteiger partial charge on any atom is 0.136 e. The van der Waals surface area contributed by atoms with Gasteiger partial charge in [0.25, 0.3) is 0 Å². The second-order valence-electron chi connectivity index (χ2n) is 2.36. The molecule has 0 saturated heterocycles. The number of nitrogens with zero attached hydrogens (tertiary/aromatic N) is 1. The zero-order valence-corrected chi connectivity index (χ0v) is 9.38. The molecule has 0 heterocycles. The molecule has 0 bridgehead atoms. The molecule has 0 unspecified atom stereocenters. The lowest BCUT2D eigenvalue weighted by Gasteiger charge is -2.20. The molecule has 0 saturated carbocycles. The van der Waals surface area contributed by atoms with Crippen molar-refractivity contribution in [3.05, 3.63) is 0 Å². The third-order valence-corrected chi connectivity index (χ3v) is 3.16. The molecule has 0 amide bonds. The van der Waals surface area contributed by atoms with Crippen LogP contribution in [0.1, 0.15) is 20.3 Å². The molecule has 0 radical (unpaired) electrons. The molecule has 2 nitrogen and oxygen atoms in total. The van der Waals surface area contributed by atoms with Crippen LogP contribution in [-0.4, -0.2) is 39.8 Å². The summed E-state index contributed by atoms with van der Waals surface area (Å²) in [5.41, 5.74) is 0. The van der Waals surface area contributed by atoms with Crippen LogP contribution >= 0.6 is 24.0 Å². The summed E-state index contributed by atoms with van der Waals surface area (Å²) in [6, 6.07) is 0. The van der Waals surface area contributed by atoms with Gasteiger partial charge in [-0.3, -0.25) is 0 Å². The number of hydrogen-bond donors (Lipinski definition) is 1. The van der Waals surface area contributed by atoms with E-state index in [-0.39, 0.29) is 6.61 Å². The van der Waals surface area contributed by atoms with Gasteiger partial charge in [0.15, 0.2) is 0 Å². The Hall–Kier alpha value is 0.200. The molecular formula is C8H17NOS2. The van der Waals surface area contributed by atoms with E-state index in [1.807, 2.05) is 0 Å². The monoisotopic (exact) mass is 207 g/mol. The summed E-state index contributed by atoms with van der Waals surface area (Å²) in [6.07, 6.45) is 0.825. The molecule has 0 fully saturated rings. The maximum absolute atomic E-state index is 8.56. The van der Waals surface area contributed by atoms with Crippen LogP contribution in [-0.2, 0) is 0 Å². The van der Waals surface area contributed by atoms with Gasteiger partial charge in [0.1, 0.15) is 4.32 Å². The first-order chi connectivity index (χ1) is 5.76. The standard InChI is InChI=1S/C8H17NOS2/c1-3-9(4-2)8(11)12-7-5-6-10/h10H,3-7H2,1-2H3. The van der Waals surface area contributed by atoms with Gasteiger partial charge in [0, 0.05) is 25.4 Å². The van der Waals surface area contributed by atoms with E-state index in [2.05, 4.69) is 18.7 Å². The molecule has 1 N–H and O–H groups in total. The number of aliphatic hydroxyl groups is 1. The van der Waals surface area contributed by atoms with Gasteiger partial charge < -0.3 is 10.0 Å². The van der Waals surface area contributed by atoms with Crippen LogP contribution < -0.4 is 0 Å². The topological polar surface area (TPSA) is 23.5 Å². The van der Waals surface area contributed by atoms with Crippen molar-refractivity contribution in [3.63, 3.8) is 0 Å². The minimum atomic E-state index is 0.258. The molecular weight excluding hydrogens is 190 g/mol. The number of thiocarbonyl (C=S) groups is 1. The molecule has 72 valence electrons. The van der Waals surface area contributed by atoms with Crippen molar-refractivity contribution in [2.45, 2.75) is 20.3 Å². The molecule has 0 aromatic heterocycles. The van der Waals surface area contributed by atoms with Gasteiger partial charge in [-0.2, -0.15) is 0 Å². The average Bonchev–Trinajstić information content (AvgIpc) is 2.07. The Labute approximate surface area is 84.3 Å². The van der Waals surface area contributed by atoms with E-state index in [1.54, 1.807) is 11.8 Å². The fourth-order valence-corrected chi connectivity index (χ4v) is 2.19. The van der Waals surface area contributed by atoms with E-state index in [0.717, 1.165) is 29.6 Å². The van der Waals surface area contributed by atoms with E-state index >= 15 is 0 Å². The van der Waals surface area contributed by atoms with Gasteiger partial charge in [0.2, 0.25) is 0 Å². The first-order valence-corrected chi connectivity index (χ1v) is 5.68. The Morgan fingerprint density at radius 1 is 1.42 bits per heavy atom. The van der Waals surface area contributed by atoms with E-state index in [4.69, 9.17) is 17.3 Å². The molecule has 0 aliphatic rings. The van der Waals surface area contributed by atoms with Crippen molar-refractivity contribution >= 4 is 28.3 Å². The van der Waals surface area contributed by atoms with Crippen molar-refractivity contribution in [2.75, 3.05) is 25.4 Å². The van der Waals surface area contributed by atoms with Crippen LogP contribution in [0.5, 0.6) is 0 Å². The Morgan fingerprint density at radius 2 is 2.00 bits per heavy atom. The van der Waals surface area contributed by atoms with Crippen LogP contribution in [0, 0.1) is 0 Å². The maximum atomic E-state index is 8.56. The Morgan fingerprint density at radius 3 is 2.42 bits per heavy atom. The van der Waals surface area contributed by atoms with Crippen molar-refractivity contribution in [1.29, 1.82) is 0 Å². The minimum absolute atomic E-state index is 0.258. The Kier molecular flexibility index (Phi) is 7.96. The third-order valence-electron chi connectivity index (χ3n) is 1.55. The number of hydrogen-bond acceptors (Lipinski definition) is 3. The molecule has 0 rings (SSSR count). The first-order valence-electron chi connectivity index (χ1n) is 4.28. The lowest BCUT2D eigenvalue weighted by atomic mass is 10.5. The molecule has 12 heavy (non-hydrogen) atoms. The second-order valence-corrected chi connectivity index (χ2v) is 4.09.